The zero-order valence-corrected chi connectivity index (χ0v) is 12.0. The van der Waals surface area contributed by atoms with Gasteiger partial charge in [-0.05, 0) is 31.0 Å². The standard InChI is InChI=1S/C11H14N4O2S2/c1-8-14-11(18-15-8)13-7-6-9-2-4-10(5-3-9)19(12,16)17/h2-5H,6-7H2,1H3,(H2,12,16,17)(H,13,14,15). The zero-order chi connectivity index (χ0) is 13.9. The maximum atomic E-state index is 11.1. The van der Waals surface area contributed by atoms with Gasteiger partial charge < -0.3 is 5.32 Å². The molecule has 0 saturated carbocycles. The van der Waals surface area contributed by atoms with Gasteiger partial charge in [-0.15, -0.1) is 0 Å². The number of hydrogen-bond acceptors (Lipinski definition) is 6. The van der Waals surface area contributed by atoms with Crippen molar-refractivity contribution >= 4 is 26.7 Å². The maximum Gasteiger partial charge on any atom is 0.238 e. The van der Waals surface area contributed by atoms with Gasteiger partial charge in [0, 0.05) is 18.1 Å². The van der Waals surface area contributed by atoms with E-state index in [1.807, 2.05) is 6.92 Å². The lowest BCUT2D eigenvalue weighted by atomic mass is 10.1. The summed E-state index contributed by atoms with van der Waals surface area (Å²) in [6.45, 7) is 2.55. The van der Waals surface area contributed by atoms with Crippen LogP contribution in [-0.2, 0) is 16.4 Å². The van der Waals surface area contributed by atoms with Gasteiger partial charge >= 0.3 is 0 Å². The second kappa shape index (κ2) is 5.64. The minimum Gasteiger partial charge on any atom is -0.360 e. The zero-order valence-electron chi connectivity index (χ0n) is 10.3. The van der Waals surface area contributed by atoms with Crippen molar-refractivity contribution < 1.29 is 8.42 Å². The van der Waals surface area contributed by atoms with Crippen LogP contribution in [-0.4, -0.2) is 24.3 Å². The fourth-order valence-electron chi connectivity index (χ4n) is 1.53. The van der Waals surface area contributed by atoms with Crippen LogP contribution in [0.15, 0.2) is 29.2 Å². The lowest BCUT2D eigenvalue weighted by Gasteiger charge is -2.04. The number of benzene rings is 1. The van der Waals surface area contributed by atoms with E-state index in [1.165, 1.54) is 23.7 Å². The topological polar surface area (TPSA) is 98.0 Å². The van der Waals surface area contributed by atoms with Crippen molar-refractivity contribution in [1.82, 2.24) is 9.36 Å². The number of hydrogen-bond donors (Lipinski definition) is 2. The van der Waals surface area contributed by atoms with Gasteiger partial charge in [-0.25, -0.2) is 18.5 Å². The Bertz CT molecular complexity index is 650. The lowest BCUT2D eigenvalue weighted by molar-refractivity contribution is 0.598. The highest BCUT2D eigenvalue weighted by molar-refractivity contribution is 7.89. The normalized spacial score (nSPS) is 11.5. The predicted octanol–water partition coefficient (Wildman–Crippen LogP) is 1.15. The lowest BCUT2D eigenvalue weighted by Crippen LogP contribution is -2.12. The average Bonchev–Trinajstić information content (AvgIpc) is 2.75. The second-order valence-corrected chi connectivity index (χ2v) is 6.33. The molecule has 6 nitrogen and oxygen atoms in total. The summed E-state index contributed by atoms with van der Waals surface area (Å²) >= 11 is 1.32. The van der Waals surface area contributed by atoms with Crippen molar-refractivity contribution in [2.24, 2.45) is 5.14 Å². The third-order valence-corrected chi connectivity index (χ3v) is 4.16. The first-order valence-electron chi connectivity index (χ1n) is 5.61. The number of nitrogens with one attached hydrogen (secondary N) is 1. The largest absolute Gasteiger partial charge is 0.360 e. The molecular formula is C11H14N4O2S2. The van der Waals surface area contributed by atoms with Crippen LogP contribution >= 0.6 is 11.5 Å². The van der Waals surface area contributed by atoms with E-state index < -0.39 is 10.0 Å². The van der Waals surface area contributed by atoms with Crippen LogP contribution in [0.3, 0.4) is 0 Å². The van der Waals surface area contributed by atoms with Crippen molar-refractivity contribution in [2.45, 2.75) is 18.2 Å². The van der Waals surface area contributed by atoms with Crippen molar-refractivity contribution in [1.29, 1.82) is 0 Å². The van der Waals surface area contributed by atoms with Crippen molar-refractivity contribution in [3.63, 3.8) is 0 Å². The Morgan fingerprint density at radius 2 is 2.00 bits per heavy atom. The summed E-state index contributed by atoms with van der Waals surface area (Å²) in [5.41, 5.74) is 1.03. The molecule has 0 radical (unpaired) electrons. The first-order valence-corrected chi connectivity index (χ1v) is 7.93. The van der Waals surface area contributed by atoms with Gasteiger partial charge in [0.15, 0.2) is 0 Å². The maximum absolute atomic E-state index is 11.1. The summed E-state index contributed by atoms with van der Waals surface area (Å²) in [5, 5.41) is 8.98. The van der Waals surface area contributed by atoms with Gasteiger partial charge in [0.25, 0.3) is 0 Å². The summed E-state index contributed by atoms with van der Waals surface area (Å²) in [6, 6.07) is 6.54. The van der Waals surface area contributed by atoms with E-state index in [0.717, 1.165) is 22.9 Å². The Kier molecular flexibility index (Phi) is 4.13. The van der Waals surface area contributed by atoms with Gasteiger partial charge in [0.05, 0.1) is 4.90 Å². The number of nitrogens with zero attached hydrogens (tertiary/aromatic N) is 2. The fraction of sp³-hybridized carbons (Fsp3) is 0.273. The molecule has 0 atom stereocenters. The van der Waals surface area contributed by atoms with Crippen LogP contribution in [0.4, 0.5) is 5.13 Å². The fourth-order valence-corrected chi connectivity index (χ4v) is 2.64. The highest BCUT2D eigenvalue weighted by Crippen LogP contribution is 2.12. The van der Waals surface area contributed by atoms with E-state index in [2.05, 4.69) is 14.7 Å². The van der Waals surface area contributed by atoms with E-state index in [1.54, 1.807) is 12.1 Å². The molecule has 1 heterocycles. The minimum absolute atomic E-state index is 0.129. The van der Waals surface area contributed by atoms with Crippen LogP contribution < -0.4 is 10.5 Å². The molecule has 19 heavy (non-hydrogen) atoms. The van der Waals surface area contributed by atoms with Crippen LogP contribution in [0.5, 0.6) is 0 Å². The van der Waals surface area contributed by atoms with Gasteiger partial charge in [-0.2, -0.15) is 4.37 Å². The number of anilines is 1. The minimum atomic E-state index is -3.61. The smallest absolute Gasteiger partial charge is 0.238 e. The monoisotopic (exact) mass is 298 g/mol. The number of aromatic nitrogens is 2. The van der Waals surface area contributed by atoms with Crippen LogP contribution in [0.25, 0.3) is 0 Å². The number of sulfonamides is 1. The van der Waals surface area contributed by atoms with Gasteiger partial charge in [-0.1, -0.05) is 12.1 Å². The third kappa shape index (κ3) is 3.98. The first kappa shape index (κ1) is 13.9. The Hall–Kier alpha value is -1.51. The first-order chi connectivity index (χ1) is 8.95. The van der Waals surface area contributed by atoms with Crippen molar-refractivity contribution in [3.05, 3.63) is 35.7 Å². The Balaban J connectivity index is 1.90. The molecule has 0 fully saturated rings. The highest BCUT2D eigenvalue weighted by atomic mass is 32.2. The van der Waals surface area contributed by atoms with Crippen molar-refractivity contribution in [2.75, 3.05) is 11.9 Å². The molecule has 8 heteroatoms. The Labute approximate surface area is 115 Å². The molecule has 3 N–H and O–H groups in total. The van der Waals surface area contributed by atoms with E-state index in [0.29, 0.717) is 6.54 Å². The Morgan fingerprint density at radius 3 is 2.53 bits per heavy atom. The van der Waals surface area contributed by atoms with Crippen LogP contribution in [0, 0.1) is 6.92 Å². The highest BCUT2D eigenvalue weighted by Gasteiger charge is 2.06. The SMILES string of the molecule is Cc1nsc(NCCc2ccc(S(N)(=O)=O)cc2)n1. The second-order valence-electron chi connectivity index (χ2n) is 4.01. The molecule has 0 saturated heterocycles. The number of primary sulfonamides is 1. The number of rotatable bonds is 5. The number of nitrogens with two attached hydrogens (primary N) is 1. The molecule has 0 bridgehead atoms. The molecule has 0 unspecified atom stereocenters. The molecule has 0 aliphatic rings. The molecule has 2 aromatic rings. The third-order valence-electron chi connectivity index (χ3n) is 2.47. The molecule has 2 rings (SSSR count). The van der Waals surface area contributed by atoms with Crippen LogP contribution in [0.1, 0.15) is 11.4 Å². The van der Waals surface area contributed by atoms with Gasteiger partial charge in [0.2, 0.25) is 15.2 Å². The average molecular weight is 298 g/mol. The van der Waals surface area contributed by atoms with E-state index in [9.17, 15) is 8.42 Å². The molecular weight excluding hydrogens is 284 g/mol. The van der Waals surface area contributed by atoms with E-state index in [4.69, 9.17) is 5.14 Å². The van der Waals surface area contributed by atoms with E-state index >= 15 is 0 Å². The summed E-state index contributed by atoms with van der Waals surface area (Å²) in [5.74, 6) is 0.755. The number of aryl methyl sites for hydroxylation is 1. The molecule has 0 amide bonds. The van der Waals surface area contributed by atoms with Crippen molar-refractivity contribution in [3.8, 4) is 0 Å². The summed E-state index contributed by atoms with van der Waals surface area (Å²) in [6.07, 6.45) is 0.767. The summed E-state index contributed by atoms with van der Waals surface area (Å²) < 4.78 is 26.3. The molecule has 102 valence electrons. The van der Waals surface area contributed by atoms with Crippen LogP contribution in [0.2, 0.25) is 0 Å². The molecule has 0 spiro atoms. The van der Waals surface area contributed by atoms with Gasteiger partial charge in [-0.3, -0.25) is 0 Å². The van der Waals surface area contributed by atoms with Gasteiger partial charge in [0.1, 0.15) is 5.82 Å². The summed E-state index contributed by atoms with van der Waals surface area (Å²) in [4.78, 5) is 4.32. The van der Waals surface area contributed by atoms with E-state index in [-0.39, 0.29) is 4.90 Å². The molecule has 1 aromatic heterocycles. The predicted molar refractivity (Wildman–Crippen MR) is 74.7 cm³/mol. The Morgan fingerprint density at radius 1 is 1.32 bits per heavy atom. The summed E-state index contributed by atoms with van der Waals surface area (Å²) in [7, 11) is -3.61. The molecule has 0 aliphatic carbocycles. The molecule has 0 aliphatic heterocycles. The quantitative estimate of drug-likeness (QED) is 0.863. The molecule has 1 aromatic carbocycles.